The number of pyridine rings is 1. The minimum absolute atomic E-state index is 0. The van der Waals surface area contributed by atoms with Crippen molar-refractivity contribution in [1.82, 2.24) is 9.38 Å². The van der Waals surface area contributed by atoms with Crippen molar-refractivity contribution >= 4 is 35.2 Å². The second kappa shape index (κ2) is 8.47. The summed E-state index contributed by atoms with van der Waals surface area (Å²) in [6.07, 6.45) is 2.08. The zero-order valence-corrected chi connectivity index (χ0v) is 15.8. The molecule has 0 radical (unpaired) electrons. The van der Waals surface area contributed by atoms with Gasteiger partial charge in [0, 0.05) is 23.4 Å². The van der Waals surface area contributed by atoms with Crippen LogP contribution in [-0.2, 0) is 0 Å². The molecule has 1 atom stereocenters. The summed E-state index contributed by atoms with van der Waals surface area (Å²) in [5.41, 5.74) is 1.88. The van der Waals surface area contributed by atoms with Gasteiger partial charge in [0.05, 0.1) is 18.9 Å². The third-order valence-corrected chi connectivity index (χ3v) is 4.99. The van der Waals surface area contributed by atoms with E-state index in [-0.39, 0.29) is 37.1 Å². The highest BCUT2D eigenvalue weighted by Gasteiger charge is 2.23. The summed E-state index contributed by atoms with van der Waals surface area (Å²) in [6.45, 7) is 4.24. The van der Waals surface area contributed by atoms with E-state index < -0.39 is 0 Å². The van der Waals surface area contributed by atoms with Crippen LogP contribution in [0.15, 0.2) is 35.8 Å². The quantitative estimate of drug-likeness (QED) is 0.632. The van der Waals surface area contributed by atoms with Gasteiger partial charge in [-0.1, -0.05) is 6.07 Å². The maximum atomic E-state index is 12.9. The Kier molecular flexibility index (Phi) is 6.58. The third-order valence-electron chi connectivity index (χ3n) is 3.95. The summed E-state index contributed by atoms with van der Waals surface area (Å²) in [6, 6.07) is 7.58. The molecule has 3 heterocycles. The summed E-state index contributed by atoms with van der Waals surface area (Å²) in [4.78, 5) is 18.4. The number of ketones is 1. The SMILES string of the molecule is CCOc1cccn2c(C(=O)C[C@@H](CO)c3cccs3)c(C)nc12.Cl. The fourth-order valence-electron chi connectivity index (χ4n) is 2.86. The van der Waals surface area contributed by atoms with E-state index >= 15 is 0 Å². The molecule has 25 heavy (non-hydrogen) atoms. The van der Waals surface area contributed by atoms with Crippen LogP contribution in [-0.4, -0.2) is 33.5 Å². The van der Waals surface area contributed by atoms with Crippen molar-refractivity contribution in [1.29, 1.82) is 0 Å². The topological polar surface area (TPSA) is 63.8 Å². The van der Waals surface area contributed by atoms with Crippen molar-refractivity contribution in [2.45, 2.75) is 26.2 Å². The highest BCUT2D eigenvalue weighted by Crippen LogP contribution is 2.28. The van der Waals surface area contributed by atoms with Gasteiger partial charge >= 0.3 is 0 Å². The number of halogens is 1. The van der Waals surface area contributed by atoms with Crippen LogP contribution < -0.4 is 4.74 Å². The normalized spacial score (nSPS) is 12.0. The highest BCUT2D eigenvalue weighted by atomic mass is 35.5. The molecule has 134 valence electrons. The number of hydrogen-bond donors (Lipinski definition) is 1. The molecule has 0 amide bonds. The lowest BCUT2D eigenvalue weighted by molar-refractivity contribution is 0.0954. The predicted octanol–water partition coefficient (Wildman–Crippen LogP) is 3.87. The number of fused-ring (bicyclic) bond motifs is 1. The number of Topliss-reactive ketones (excluding diaryl/α,β-unsaturated/α-hetero) is 1. The standard InChI is InChI=1S/C18H20N2O3S.ClH/c1-3-23-15-6-4-8-20-17(12(2)19-18(15)20)14(22)10-13(11-21)16-7-5-9-24-16;/h4-9,13,21H,3,10-11H2,1-2H3;1H/t13-;/m0./s1. The average Bonchev–Trinajstić information content (AvgIpc) is 3.20. The van der Waals surface area contributed by atoms with Crippen LogP contribution in [0, 0.1) is 6.92 Å². The molecule has 3 aromatic rings. The van der Waals surface area contributed by atoms with E-state index in [1.807, 2.05) is 49.7 Å². The number of carbonyl (C=O) groups is 1. The van der Waals surface area contributed by atoms with Gasteiger partial charge < -0.3 is 9.84 Å². The molecule has 3 aromatic heterocycles. The van der Waals surface area contributed by atoms with Crippen LogP contribution in [0.3, 0.4) is 0 Å². The van der Waals surface area contributed by atoms with E-state index in [1.54, 1.807) is 15.7 Å². The molecular formula is C18H21ClN2O3S. The molecule has 0 aliphatic rings. The Balaban J connectivity index is 0.00000225. The van der Waals surface area contributed by atoms with Crippen molar-refractivity contribution in [3.8, 4) is 5.75 Å². The number of aromatic nitrogens is 2. The van der Waals surface area contributed by atoms with Crippen molar-refractivity contribution in [2.24, 2.45) is 0 Å². The fourth-order valence-corrected chi connectivity index (χ4v) is 3.68. The largest absolute Gasteiger partial charge is 0.490 e. The van der Waals surface area contributed by atoms with Gasteiger partial charge in [-0.3, -0.25) is 9.20 Å². The summed E-state index contributed by atoms with van der Waals surface area (Å²) in [7, 11) is 0. The molecule has 1 N–H and O–H groups in total. The first-order valence-electron chi connectivity index (χ1n) is 7.93. The Morgan fingerprint density at radius 1 is 1.40 bits per heavy atom. The van der Waals surface area contributed by atoms with Gasteiger partial charge in [0.2, 0.25) is 0 Å². The minimum atomic E-state index is -0.183. The van der Waals surface area contributed by atoms with Gasteiger partial charge in [-0.15, -0.1) is 23.7 Å². The van der Waals surface area contributed by atoms with Crippen molar-refractivity contribution in [2.75, 3.05) is 13.2 Å². The Labute approximate surface area is 156 Å². The molecule has 0 bridgehead atoms. The molecule has 0 aliphatic heterocycles. The second-order valence-electron chi connectivity index (χ2n) is 5.57. The van der Waals surface area contributed by atoms with Crippen LogP contribution in [0.1, 0.15) is 40.3 Å². The van der Waals surface area contributed by atoms with E-state index in [2.05, 4.69) is 4.98 Å². The maximum absolute atomic E-state index is 12.9. The average molecular weight is 381 g/mol. The molecule has 0 aromatic carbocycles. The number of rotatable bonds is 7. The Morgan fingerprint density at radius 2 is 2.20 bits per heavy atom. The number of aliphatic hydroxyl groups is 1. The molecule has 0 saturated carbocycles. The number of imidazole rings is 1. The lowest BCUT2D eigenvalue weighted by Gasteiger charge is -2.12. The van der Waals surface area contributed by atoms with Gasteiger partial charge in [0.25, 0.3) is 0 Å². The van der Waals surface area contributed by atoms with E-state index in [0.717, 1.165) is 4.88 Å². The zero-order valence-electron chi connectivity index (χ0n) is 14.1. The van der Waals surface area contributed by atoms with Crippen molar-refractivity contribution < 1.29 is 14.6 Å². The van der Waals surface area contributed by atoms with Gasteiger partial charge in [0.1, 0.15) is 5.69 Å². The first-order chi connectivity index (χ1) is 11.7. The maximum Gasteiger partial charge on any atom is 0.182 e. The molecule has 0 aliphatic carbocycles. The Bertz CT molecular complexity index is 846. The highest BCUT2D eigenvalue weighted by molar-refractivity contribution is 7.10. The molecule has 3 rings (SSSR count). The van der Waals surface area contributed by atoms with Gasteiger partial charge in [0.15, 0.2) is 17.2 Å². The number of ether oxygens (including phenoxy) is 1. The Morgan fingerprint density at radius 3 is 2.84 bits per heavy atom. The number of aryl methyl sites for hydroxylation is 1. The second-order valence-corrected chi connectivity index (χ2v) is 6.55. The van der Waals surface area contributed by atoms with E-state index in [4.69, 9.17) is 4.74 Å². The van der Waals surface area contributed by atoms with Crippen LogP contribution in [0.2, 0.25) is 0 Å². The number of carbonyl (C=O) groups excluding carboxylic acids is 1. The lowest BCUT2D eigenvalue weighted by Crippen LogP contribution is -2.13. The lowest BCUT2D eigenvalue weighted by atomic mass is 9.99. The third kappa shape index (κ3) is 3.86. The molecule has 0 fully saturated rings. The fraction of sp³-hybridized carbons (Fsp3) is 0.333. The minimum Gasteiger partial charge on any atom is -0.490 e. The van der Waals surface area contributed by atoms with Crippen LogP contribution in [0.4, 0.5) is 0 Å². The first-order valence-corrected chi connectivity index (χ1v) is 8.81. The summed E-state index contributed by atoms with van der Waals surface area (Å²) >= 11 is 1.56. The van der Waals surface area contributed by atoms with Crippen molar-refractivity contribution in [3.05, 3.63) is 52.1 Å². The summed E-state index contributed by atoms with van der Waals surface area (Å²) in [5.74, 6) is 0.456. The monoisotopic (exact) mass is 380 g/mol. The summed E-state index contributed by atoms with van der Waals surface area (Å²) in [5, 5.41) is 11.6. The van der Waals surface area contributed by atoms with Crippen LogP contribution >= 0.6 is 23.7 Å². The molecule has 0 unspecified atom stereocenters. The van der Waals surface area contributed by atoms with Gasteiger partial charge in [-0.2, -0.15) is 0 Å². The van der Waals surface area contributed by atoms with Crippen LogP contribution in [0.5, 0.6) is 5.75 Å². The first kappa shape index (κ1) is 19.4. The molecule has 5 nitrogen and oxygen atoms in total. The Hall–Kier alpha value is -1.89. The number of thiophene rings is 1. The predicted molar refractivity (Wildman–Crippen MR) is 101 cm³/mol. The number of nitrogens with zero attached hydrogens (tertiary/aromatic N) is 2. The van der Waals surface area contributed by atoms with Crippen LogP contribution in [0.25, 0.3) is 5.65 Å². The summed E-state index contributed by atoms with van der Waals surface area (Å²) < 4.78 is 7.38. The van der Waals surface area contributed by atoms with Crippen molar-refractivity contribution in [3.63, 3.8) is 0 Å². The van der Waals surface area contributed by atoms with E-state index in [1.165, 1.54) is 0 Å². The zero-order chi connectivity index (χ0) is 17.1. The molecule has 7 heteroatoms. The smallest absolute Gasteiger partial charge is 0.182 e. The van der Waals surface area contributed by atoms with E-state index in [9.17, 15) is 9.90 Å². The van der Waals surface area contributed by atoms with Gasteiger partial charge in [-0.25, -0.2) is 4.98 Å². The molecule has 0 spiro atoms. The molecule has 0 saturated heterocycles. The number of hydrogen-bond acceptors (Lipinski definition) is 5. The van der Waals surface area contributed by atoms with Gasteiger partial charge in [-0.05, 0) is 37.4 Å². The number of aliphatic hydroxyl groups excluding tert-OH is 1. The van der Waals surface area contributed by atoms with E-state index in [0.29, 0.717) is 29.4 Å². The molecular weight excluding hydrogens is 360 g/mol.